The molecular weight excluding hydrogens is 318 g/mol. The summed E-state index contributed by atoms with van der Waals surface area (Å²) in [6.45, 7) is 0.235. The van der Waals surface area contributed by atoms with E-state index in [0.29, 0.717) is 16.5 Å². The van der Waals surface area contributed by atoms with Crippen LogP contribution in [0.25, 0.3) is 10.8 Å². The van der Waals surface area contributed by atoms with Gasteiger partial charge >= 0.3 is 0 Å². The van der Waals surface area contributed by atoms with Crippen LogP contribution in [0.4, 0.5) is 5.69 Å². The SMILES string of the molecule is O=S(=O)(O)c1cc(O)c2ccc(NCC(O)CCl)cc2c1. The highest BCUT2D eigenvalue weighted by Crippen LogP contribution is 2.30. The third-order valence-electron chi connectivity index (χ3n) is 2.92. The summed E-state index contributed by atoms with van der Waals surface area (Å²) < 4.78 is 31.3. The average molecular weight is 332 g/mol. The fourth-order valence-electron chi connectivity index (χ4n) is 1.87. The minimum Gasteiger partial charge on any atom is -0.507 e. The molecule has 0 fully saturated rings. The van der Waals surface area contributed by atoms with Crippen molar-refractivity contribution in [2.75, 3.05) is 17.7 Å². The number of anilines is 1. The topological polar surface area (TPSA) is 107 Å². The van der Waals surface area contributed by atoms with E-state index in [1.165, 1.54) is 6.07 Å². The van der Waals surface area contributed by atoms with E-state index in [1.807, 2.05) is 0 Å². The van der Waals surface area contributed by atoms with Gasteiger partial charge in [-0.25, -0.2) is 0 Å². The molecule has 0 aliphatic rings. The van der Waals surface area contributed by atoms with E-state index in [4.69, 9.17) is 16.2 Å². The van der Waals surface area contributed by atoms with Gasteiger partial charge in [-0.1, -0.05) is 0 Å². The van der Waals surface area contributed by atoms with Gasteiger partial charge in [-0.15, -0.1) is 11.6 Å². The zero-order chi connectivity index (χ0) is 15.6. The van der Waals surface area contributed by atoms with Gasteiger partial charge in [0.1, 0.15) is 5.75 Å². The lowest BCUT2D eigenvalue weighted by Gasteiger charge is -2.11. The number of phenolic OH excluding ortho intramolecular Hbond substituents is 1. The number of aromatic hydroxyl groups is 1. The molecule has 1 atom stereocenters. The van der Waals surface area contributed by atoms with Crippen molar-refractivity contribution in [2.24, 2.45) is 0 Å². The quantitative estimate of drug-likeness (QED) is 0.491. The number of aliphatic hydroxyl groups is 1. The zero-order valence-electron chi connectivity index (χ0n) is 10.8. The number of fused-ring (bicyclic) bond motifs is 1. The van der Waals surface area contributed by atoms with Gasteiger partial charge in [0.15, 0.2) is 0 Å². The zero-order valence-corrected chi connectivity index (χ0v) is 12.4. The largest absolute Gasteiger partial charge is 0.507 e. The molecule has 114 valence electrons. The molecule has 2 rings (SSSR count). The fraction of sp³-hybridized carbons (Fsp3) is 0.231. The van der Waals surface area contributed by atoms with Crippen LogP contribution in [0.5, 0.6) is 5.75 Å². The molecule has 0 saturated carbocycles. The summed E-state index contributed by atoms with van der Waals surface area (Å²) in [5, 5.41) is 23.0. The van der Waals surface area contributed by atoms with Crippen molar-refractivity contribution >= 4 is 38.2 Å². The average Bonchev–Trinajstić information content (AvgIpc) is 2.43. The van der Waals surface area contributed by atoms with Crippen LogP contribution in [-0.4, -0.2) is 41.7 Å². The molecule has 0 spiro atoms. The van der Waals surface area contributed by atoms with Crippen LogP contribution in [-0.2, 0) is 10.1 Å². The highest BCUT2D eigenvalue weighted by molar-refractivity contribution is 7.85. The van der Waals surface area contributed by atoms with Crippen molar-refractivity contribution < 1.29 is 23.2 Å². The first-order chi connectivity index (χ1) is 9.81. The van der Waals surface area contributed by atoms with Crippen LogP contribution >= 0.6 is 11.6 Å². The number of hydrogen-bond donors (Lipinski definition) is 4. The van der Waals surface area contributed by atoms with E-state index in [9.17, 15) is 18.6 Å². The van der Waals surface area contributed by atoms with Crippen molar-refractivity contribution in [3.05, 3.63) is 30.3 Å². The number of hydrogen-bond acceptors (Lipinski definition) is 5. The Morgan fingerprint density at radius 3 is 2.57 bits per heavy atom. The Labute approximate surface area is 126 Å². The minimum atomic E-state index is -4.40. The molecule has 0 amide bonds. The molecule has 1 unspecified atom stereocenters. The third-order valence-corrected chi connectivity index (χ3v) is 4.11. The third kappa shape index (κ3) is 3.76. The summed E-state index contributed by atoms with van der Waals surface area (Å²) in [6.07, 6.45) is -0.708. The number of phenols is 1. The van der Waals surface area contributed by atoms with Crippen LogP contribution in [0.3, 0.4) is 0 Å². The number of alkyl halides is 1. The Balaban J connectivity index is 2.41. The van der Waals surface area contributed by atoms with Gasteiger partial charge < -0.3 is 15.5 Å². The monoisotopic (exact) mass is 331 g/mol. The van der Waals surface area contributed by atoms with E-state index in [1.54, 1.807) is 18.2 Å². The molecule has 2 aromatic rings. The summed E-state index contributed by atoms with van der Waals surface area (Å²) in [5.41, 5.74) is 0.624. The highest BCUT2D eigenvalue weighted by atomic mass is 35.5. The van der Waals surface area contributed by atoms with Crippen LogP contribution in [0.2, 0.25) is 0 Å². The second-order valence-corrected chi connectivity index (χ2v) is 6.27. The van der Waals surface area contributed by atoms with E-state index in [-0.39, 0.29) is 23.1 Å². The molecule has 8 heteroatoms. The van der Waals surface area contributed by atoms with Gasteiger partial charge in [0.25, 0.3) is 10.1 Å². The Hall–Kier alpha value is -1.54. The summed E-state index contributed by atoms with van der Waals surface area (Å²) in [6, 6.07) is 7.13. The molecule has 0 saturated heterocycles. The predicted octanol–water partition coefficient (Wildman–Crippen LogP) is 1.80. The van der Waals surface area contributed by atoms with Crippen LogP contribution in [0.1, 0.15) is 0 Å². The minimum absolute atomic E-state index is 0.0915. The molecule has 4 N–H and O–H groups in total. The number of halogens is 1. The Kier molecular flexibility index (Phi) is 4.58. The van der Waals surface area contributed by atoms with Crippen LogP contribution in [0.15, 0.2) is 35.2 Å². The molecule has 21 heavy (non-hydrogen) atoms. The molecule has 0 aliphatic heterocycles. The second-order valence-electron chi connectivity index (χ2n) is 4.54. The molecule has 6 nitrogen and oxygen atoms in total. The lowest BCUT2D eigenvalue weighted by Crippen LogP contribution is -2.20. The maximum atomic E-state index is 11.1. The first-order valence-electron chi connectivity index (χ1n) is 6.03. The fourth-order valence-corrected chi connectivity index (χ4v) is 2.52. The smallest absolute Gasteiger partial charge is 0.294 e. The van der Waals surface area contributed by atoms with Gasteiger partial charge in [0.05, 0.1) is 16.9 Å². The molecule has 0 radical (unpaired) electrons. The van der Waals surface area contributed by atoms with Crippen molar-refractivity contribution in [1.29, 1.82) is 0 Å². The van der Waals surface area contributed by atoms with Crippen LogP contribution in [0, 0.1) is 0 Å². The van der Waals surface area contributed by atoms with E-state index in [2.05, 4.69) is 5.32 Å². The van der Waals surface area contributed by atoms with Gasteiger partial charge in [0, 0.05) is 23.7 Å². The molecule has 0 heterocycles. The highest BCUT2D eigenvalue weighted by Gasteiger charge is 2.13. The number of aliphatic hydroxyl groups excluding tert-OH is 1. The summed E-state index contributed by atoms with van der Waals surface area (Å²) in [4.78, 5) is -0.384. The van der Waals surface area contributed by atoms with Gasteiger partial charge in [0.2, 0.25) is 0 Å². The van der Waals surface area contributed by atoms with Crippen molar-refractivity contribution in [2.45, 2.75) is 11.0 Å². The van der Waals surface area contributed by atoms with E-state index < -0.39 is 16.2 Å². The van der Waals surface area contributed by atoms with Gasteiger partial charge in [-0.2, -0.15) is 8.42 Å². The first-order valence-corrected chi connectivity index (χ1v) is 8.01. The van der Waals surface area contributed by atoms with Crippen LogP contribution < -0.4 is 5.32 Å². The van der Waals surface area contributed by atoms with E-state index in [0.717, 1.165) is 6.07 Å². The standard InChI is InChI=1S/C13H14ClNO5S/c14-6-10(16)7-15-9-1-2-12-8(3-9)4-11(5-13(12)17)21(18,19)20/h1-5,10,15-17H,6-7H2,(H,18,19,20). The van der Waals surface area contributed by atoms with Gasteiger partial charge in [-0.05, 0) is 29.7 Å². The number of benzene rings is 2. The molecule has 0 aromatic heterocycles. The maximum Gasteiger partial charge on any atom is 0.294 e. The Morgan fingerprint density at radius 2 is 1.95 bits per heavy atom. The lowest BCUT2D eigenvalue weighted by molar-refractivity contribution is 0.211. The molecule has 0 bridgehead atoms. The van der Waals surface area contributed by atoms with E-state index >= 15 is 0 Å². The van der Waals surface area contributed by atoms with Crippen molar-refractivity contribution in [1.82, 2.24) is 0 Å². The molecular formula is C13H14ClNO5S. The summed E-state index contributed by atoms with van der Waals surface area (Å²) in [7, 11) is -4.40. The predicted molar refractivity (Wildman–Crippen MR) is 80.6 cm³/mol. The number of nitrogens with one attached hydrogen (secondary N) is 1. The molecule has 2 aromatic carbocycles. The lowest BCUT2D eigenvalue weighted by atomic mass is 10.1. The van der Waals surface area contributed by atoms with Gasteiger partial charge in [-0.3, -0.25) is 4.55 Å². The number of rotatable bonds is 5. The second kappa shape index (κ2) is 6.07. The summed E-state index contributed by atoms with van der Waals surface area (Å²) >= 11 is 5.49. The van der Waals surface area contributed by atoms with Crippen molar-refractivity contribution in [3.63, 3.8) is 0 Å². The normalized spacial score (nSPS) is 13.3. The maximum absolute atomic E-state index is 11.1. The van der Waals surface area contributed by atoms with Crippen molar-refractivity contribution in [3.8, 4) is 5.75 Å². The first kappa shape index (κ1) is 15.8. The Morgan fingerprint density at radius 1 is 1.24 bits per heavy atom. The Bertz CT molecular complexity index is 762. The summed E-state index contributed by atoms with van der Waals surface area (Å²) in [5.74, 6) is -0.152. The molecule has 0 aliphatic carbocycles.